The number of furan rings is 2. The summed E-state index contributed by atoms with van der Waals surface area (Å²) in [6.45, 7) is 0.126. The average molecular weight is 457 g/mol. The molecule has 0 aliphatic rings. The summed E-state index contributed by atoms with van der Waals surface area (Å²) in [5.41, 5.74) is 0.773. The highest BCUT2D eigenvalue weighted by Crippen LogP contribution is 2.26. The maximum absolute atomic E-state index is 12.9. The molecule has 170 valence electrons. The van der Waals surface area contributed by atoms with Crippen LogP contribution in [0.2, 0.25) is 0 Å². The Labute approximate surface area is 193 Å². The van der Waals surface area contributed by atoms with Crippen LogP contribution in [-0.2, 0) is 11.3 Å². The van der Waals surface area contributed by atoms with Gasteiger partial charge in [-0.2, -0.15) is 0 Å². The van der Waals surface area contributed by atoms with Crippen LogP contribution < -0.4 is 10.6 Å². The molecule has 2 N–H and O–H groups in total. The first-order valence-electron chi connectivity index (χ1n) is 10.2. The Kier molecular flexibility index (Phi) is 6.64. The van der Waals surface area contributed by atoms with Gasteiger partial charge in [-0.15, -0.1) is 0 Å². The number of nitrogens with one attached hydrogen (secondary N) is 2. The van der Waals surface area contributed by atoms with Gasteiger partial charge in [-0.05, 0) is 36.4 Å². The fourth-order valence-electron chi connectivity index (χ4n) is 3.12. The molecule has 0 radical (unpaired) electrons. The lowest BCUT2D eigenvalue weighted by Crippen LogP contribution is -2.34. The molecule has 0 unspecified atom stereocenters. The van der Waals surface area contributed by atoms with Gasteiger partial charge in [0.05, 0.1) is 17.7 Å². The first-order chi connectivity index (χ1) is 16.5. The topological polar surface area (TPSA) is 128 Å². The van der Waals surface area contributed by atoms with Crippen LogP contribution in [0.1, 0.15) is 21.9 Å². The number of rotatable bonds is 8. The highest BCUT2D eigenvalue weighted by molar-refractivity contribution is 6.05. The summed E-state index contributed by atoms with van der Waals surface area (Å²) in [5.74, 6) is 0.185. The lowest BCUT2D eigenvalue weighted by atomic mass is 10.1. The van der Waals surface area contributed by atoms with Gasteiger partial charge in [0.25, 0.3) is 17.5 Å². The summed E-state index contributed by atoms with van der Waals surface area (Å²) >= 11 is 0. The van der Waals surface area contributed by atoms with E-state index in [0.29, 0.717) is 22.6 Å². The van der Waals surface area contributed by atoms with Crippen LogP contribution in [0.3, 0.4) is 0 Å². The van der Waals surface area contributed by atoms with Crippen LogP contribution in [0.15, 0.2) is 99.7 Å². The molecule has 2 heterocycles. The molecule has 9 heteroatoms. The zero-order chi connectivity index (χ0) is 23.9. The van der Waals surface area contributed by atoms with Gasteiger partial charge in [-0.1, -0.05) is 30.3 Å². The number of hydrogen-bond donors (Lipinski definition) is 2. The number of nitro benzene ring substituents is 1. The van der Waals surface area contributed by atoms with Crippen LogP contribution in [0.25, 0.3) is 17.4 Å². The van der Waals surface area contributed by atoms with Crippen LogP contribution in [-0.4, -0.2) is 16.7 Å². The maximum Gasteiger partial charge on any atom is 0.270 e. The molecule has 0 spiro atoms. The van der Waals surface area contributed by atoms with Gasteiger partial charge in [0.1, 0.15) is 23.0 Å². The summed E-state index contributed by atoms with van der Waals surface area (Å²) < 4.78 is 11.0. The molecule has 0 bridgehead atoms. The monoisotopic (exact) mass is 457 g/mol. The lowest BCUT2D eigenvalue weighted by molar-refractivity contribution is -0.384. The summed E-state index contributed by atoms with van der Waals surface area (Å²) in [6, 6.07) is 21.1. The van der Waals surface area contributed by atoms with Crippen molar-refractivity contribution in [2.24, 2.45) is 0 Å². The van der Waals surface area contributed by atoms with Crippen molar-refractivity contribution in [2.75, 3.05) is 0 Å². The fraction of sp³-hybridized carbons (Fsp3) is 0.0400. The van der Waals surface area contributed by atoms with Crippen molar-refractivity contribution in [3.63, 3.8) is 0 Å². The molecule has 0 aliphatic carbocycles. The number of hydrogen-bond acceptors (Lipinski definition) is 6. The van der Waals surface area contributed by atoms with Crippen molar-refractivity contribution >= 4 is 23.6 Å². The van der Waals surface area contributed by atoms with Gasteiger partial charge >= 0.3 is 0 Å². The van der Waals surface area contributed by atoms with Crippen molar-refractivity contribution in [1.29, 1.82) is 0 Å². The van der Waals surface area contributed by atoms with E-state index in [1.165, 1.54) is 24.5 Å². The largest absolute Gasteiger partial charge is 0.467 e. The predicted octanol–water partition coefficient (Wildman–Crippen LogP) is 4.54. The predicted molar refractivity (Wildman–Crippen MR) is 123 cm³/mol. The molecule has 0 saturated carbocycles. The van der Waals surface area contributed by atoms with Crippen molar-refractivity contribution in [3.05, 3.63) is 118 Å². The van der Waals surface area contributed by atoms with E-state index >= 15 is 0 Å². The number of benzene rings is 2. The molecule has 0 fully saturated rings. The van der Waals surface area contributed by atoms with Crippen molar-refractivity contribution in [2.45, 2.75) is 6.54 Å². The van der Waals surface area contributed by atoms with Gasteiger partial charge in [-0.3, -0.25) is 19.7 Å². The number of nitrogens with zero attached hydrogens (tertiary/aromatic N) is 1. The summed E-state index contributed by atoms with van der Waals surface area (Å²) in [7, 11) is 0. The van der Waals surface area contributed by atoms with Gasteiger partial charge < -0.3 is 19.5 Å². The quantitative estimate of drug-likeness (QED) is 0.227. The molecular weight excluding hydrogens is 438 g/mol. The van der Waals surface area contributed by atoms with Crippen LogP contribution in [0, 0.1) is 10.1 Å². The number of nitro groups is 1. The molecule has 4 aromatic rings. The van der Waals surface area contributed by atoms with Gasteiger partial charge in [0.15, 0.2) is 0 Å². The molecule has 0 atom stereocenters. The smallest absolute Gasteiger partial charge is 0.270 e. The Morgan fingerprint density at radius 2 is 1.79 bits per heavy atom. The molecular formula is C25H19N3O6. The van der Waals surface area contributed by atoms with Gasteiger partial charge in [0, 0.05) is 29.3 Å². The van der Waals surface area contributed by atoms with Crippen molar-refractivity contribution in [3.8, 4) is 11.3 Å². The number of carbonyl (C=O) groups is 2. The minimum Gasteiger partial charge on any atom is -0.467 e. The minimum atomic E-state index is -0.547. The molecule has 2 aromatic carbocycles. The molecule has 4 rings (SSSR count). The number of amides is 2. The van der Waals surface area contributed by atoms with Crippen LogP contribution >= 0.6 is 0 Å². The normalized spacial score (nSPS) is 11.1. The Morgan fingerprint density at radius 1 is 0.971 bits per heavy atom. The second-order valence-corrected chi connectivity index (χ2v) is 7.15. The summed E-state index contributed by atoms with van der Waals surface area (Å²) in [6.07, 6.45) is 2.88. The fourth-order valence-corrected chi connectivity index (χ4v) is 3.12. The second kappa shape index (κ2) is 10.1. The van der Waals surface area contributed by atoms with Crippen molar-refractivity contribution < 1.29 is 23.3 Å². The average Bonchev–Trinajstić information content (AvgIpc) is 3.55. The molecule has 34 heavy (non-hydrogen) atoms. The van der Waals surface area contributed by atoms with E-state index in [2.05, 4.69) is 10.6 Å². The maximum atomic E-state index is 12.9. The van der Waals surface area contributed by atoms with E-state index < -0.39 is 16.7 Å². The molecule has 2 aromatic heterocycles. The Balaban J connectivity index is 1.59. The standard InChI is InChI=1S/C25H19N3O6/c29-24(17-6-2-1-3-7-17)27-22(25(30)26-16-21-10-5-13-33-21)15-20-11-12-23(34-20)18-8-4-9-19(14-18)28(31)32/h1-15H,16H2,(H,26,30)(H,27,29). The van der Waals surface area contributed by atoms with E-state index in [1.807, 2.05) is 0 Å². The molecule has 0 saturated heterocycles. The first-order valence-corrected chi connectivity index (χ1v) is 10.2. The molecule has 9 nitrogen and oxygen atoms in total. The Bertz CT molecular complexity index is 1340. The van der Waals surface area contributed by atoms with Crippen molar-refractivity contribution in [1.82, 2.24) is 10.6 Å². The minimum absolute atomic E-state index is 0.0413. The Hall–Kier alpha value is -4.92. The van der Waals surface area contributed by atoms with Crippen LogP contribution in [0.4, 0.5) is 5.69 Å². The van der Waals surface area contributed by atoms with Crippen LogP contribution in [0.5, 0.6) is 0 Å². The van der Waals surface area contributed by atoms with Gasteiger partial charge in [-0.25, -0.2) is 0 Å². The van der Waals surface area contributed by atoms with E-state index in [1.54, 1.807) is 66.7 Å². The first kappa shape index (κ1) is 22.3. The summed E-state index contributed by atoms with van der Waals surface area (Å²) in [4.78, 5) is 36.1. The SMILES string of the molecule is O=C(NCc1ccco1)C(=Cc1ccc(-c2cccc([N+](=O)[O-])c2)o1)NC(=O)c1ccccc1. The van der Waals surface area contributed by atoms with E-state index in [9.17, 15) is 19.7 Å². The summed E-state index contributed by atoms with van der Waals surface area (Å²) in [5, 5.41) is 16.4. The Morgan fingerprint density at radius 3 is 2.53 bits per heavy atom. The third kappa shape index (κ3) is 5.46. The molecule has 2 amide bonds. The second-order valence-electron chi connectivity index (χ2n) is 7.15. The highest BCUT2D eigenvalue weighted by atomic mass is 16.6. The number of carbonyl (C=O) groups excluding carboxylic acids is 2. The highest BCUT2D eigenvalue weighted by Gasteiger charge is 2.16. The van der Waals surface area contributed by atoms with E-state index in [4.69, 9.17) is 8.83 Å². The third-order valence-corrected chi connectivity index (χ3v) is 4.79. The van der Waals surface area contributed by atoms with E-state index in [0.717, 1.165) is 0 Å². The zero-order valence-corrected chi connectivity index (χ0v) is 17.8. The third-order valence-electron chi connectivity index (χ3n) is 4.79. The molecule has 0 aliphatic heterocycles. The number of non-ortho nitro benzene ring substituents is 1. The zero-order valence-electron chi connectivity index (χ0n) is 17.8. The van der Waals surface area contributed by atoms with Gasteiger partial charge in [0.2, 0.25) is 0 Å². The lowest BCUT2D eigenvalue weighted by Gasteiger charge is -2.10. The van der Waals surface area contributed by atoms with E-state index in [-0.39, 0.29) is 23.7 Å².